The third kappa shape index (κ3) is 5.69. The Morgan fingerprint density at radius 2 is 1.77 bits per heavy atom. The number of hydrogen-bond acceptors (Lipinski definition) is 5. The van der Waals surface area contributed by atoms with Gasteiger partial charge in [0.25, 0.3) is 5.69 Å². The van der Waals surface area contributed by atoms with Gasteiger partial charge in [0, 0.05) is 29.1 Å². The van der Waals surface area contributed by atoms with Crippen LogP contribution in [0.2, 0.25) is 0 Å². The Morgan fingerprint density at radius 1 is 1.03 bits per heavy atom. The Kier molecular flexibility index (Phi) is 6.87. The number of alkyl halides is 3. The number of imidazole rings is 1. The van der Waals surface area contributed by atoms with E-state index in [4.69, 9.17) is 0 Å². The fourth-order valence-corrected chi connectivity index (χ4v) is 4.13. The zero-order chi connectivity index (χ0) is 25.0. The molecule has 0 unspecified atom stereocenters. The number of aromatic nitrogens is 2. The molecule has 178 valence electrons. The van der Waals surface area contributed by atoms with Crippen molar-refractivity contribution in [2.24, 2.45) is 0 Å². The van der Waals surface area contributed by atoms with E-state index in [1.165, 1.54) is 41.1 Å². The maximum atomic E-state index is 13.4. The van der Waals surface area contributed by atoms with Gasteiger partial charge in [-0.05, 0) is 30.3 Å². The van der Waals surface area contributed by atoms with E-state index >= 15 is 0 Å². The molecule has 1 aromatic heterocycles. The molecule has 0 saturated carbocycles. The van der Waals surface area contributed by atoms with Crippen LogP contribution in [0.3, 0.4) is 0 Å². The molecular weight excluding hydrogens is 481 g/mol. The minimum atomic E-state index is -4.56. The van der Waals surface area contributed by atoms with Crippen LogP contribution in [0.1, 0.15) is 5.56 Å². The molecule has 0 radical (unpaired) electrons. The fraction of sp³-hybridized carbons (Fsp3) is 0.0833. The third-order valence-corrected chi connectivity index (χ3v) is 5.86. The highest BCUT2D eigenvalue weighted by Crippen LogP contribution is 2.35. The van der Waals surface area contributed by atoms with E-state index in [1.807, 2.05) is 6.07 Å². The van der Waals surface area contributed by atoms with Crippen LogP contribution in [0.15, 0.2) is 90.2 Å². The van der Waals surface area contributed by atoms with Crippen molar-refractivity contribution in [1.82, 2.24) is 9.55 Å². The molecular formula is C24H17F3N4O3S. The molecule has 7 nitrogen and oxygen atoms in total. The molecule has 3 aromatic carbocycles. The highest BCUT2D eigenvalue weighted by Gasteiger charge is 2.31. The summed E-state index contributed by atoms with van der Waals surface area (Å²) in [5, 5.41) is 14.2. The van der Waals surface area contributed by atoms with Crippen molar-refractivity contribution in [1.29, 1.82) is 0 Å². The van der Waals surface area contributed by atoms with Gasteiger partial charge in [-0.25, -0.2) is 4.98 Å². The van der Waals surface area contributed by atoms with Gasteiger partial charge in [0.15, 0.2) is 5.16 Å². The summed E-state index contributed by atoms with van der Waals surface area (Å²) in [6, 6.07) is 19.2. The quantitative estimate of drug-likeness (QED) is 0.186. The summed E-state index contributed by atoms with van der Waals surface area (Å²) in [5.74, 6) is -0.379. The second-order valence-electron chi connectivity index (χ2n) is 7.32. The number of carbonyl (C=O) groups excluding carboxylic acids is 1. The van der Waals surface area contributed by atoms with Gasteiger partial charge in [0.05, 0.1) is 28.1 Å². The first kappa shape index (κ1) is 24.0. The number of rotatable bonds is 7. The van der Waals surface area contributed by atoms with Gasteiger partial charge in [0.2, 0.25) is 5.91 Å². The average Bonchev–Trinajstić information content (AvgIpc) is 3.27. The molecule has 0 saturated heterocycles. The maximum absolute atomic E-state index is 13.4. The number of para-hydroxylation sites is 1. The first-order chi connectivity index (χ1) is 16.7. The largest absolute Gasteiger partial charge is 0.416 e. The van der Waals surface area contributed by atoms with Crippen LogP contribution in [0, 0.1) is 10.1 Å². The van der Waals surface area contributed by atoms with Gasteiger partial charge >= 0.3 is 6.18 Å². The van der Waals surface area contributed by atoms with E-state index in [2.05, 4.69) is 10.3 Å². The number of halogens is 3. The van der Waals surface area contributed by atoms with Crippen LogP contribution in [0.25, 0.3) is 16.9 Å². The predicted octanol–water partition coefficient (Wildman–Crippen LogP) is 6.20. The standard InChI is InChI=1S/C24H17F3N4O3S/c25-24(26,27)17-7-5-10-19(13-17)30-21(16-6-4-11-20(12-16)31(33)34)14-28-23(30)35-15-22(32)29-18-8-2-1-3-9-18/h1-14H,15H2,(H,29,32). The molecule has 35 heavy (non-hydrogen) atoms. The van der Waals surface area contributed by atoms with Gasteiger partial charge < -0.3 is 5.32 Å². The summed E-state index contributed by atoms with van der Waals surface area (Å²) >= 11 is 1.03. The number of non-ortho nitro benzene ring substituents is 1. The lowest BCUT2D eigenvalue weighted by Gasteiger charge is -2.14. The Labute approximate surface area is 201 Å². The summed E-state index contributed by atoms with van der Waals surface area (Å²) < 4.78 is 41.6. The first-order valence-electron chi connectivity index (χ1n) is 10.2. The molecule has 1 heterocycles. The van der Waals surface area contributed by atoms with Gasteiger partial charge in [-0.15, -0.1) is 0 Å². The van der Waals surface area contributed by atoms with Crippen molar-refractivity contribution < 1.29 is 22.9 Å². The lowest BCUT2D eigenvalue weighted by Crippen LogP contribution is -2.14. The number of hydrogen-bond donors (Lipinski definition) is 1. The molecule has 1 amide bonds. The molecule has 0 aliphatic heterocycles. The lowest BCUT2D eigenvalue weighted by atomic mass is 10.1. The minimum Gasteiger partial charge on any atom is -0.325 e. The summed E-state index contributed by atoms with van der Waals surface area (Å²) in [4.78, 5) is 27.4. The summed E-state index contributed by atoms with van der Waals surface area (Å²) in [6.07, 6.45) is -3.15. The number of benzene rings is 3. The third-order valence-electron chi connectivity index (χ3n) is 4.90. The maximum Gasteiger partial charge on any atom is 0.416 e. The monoisotopic (exact) mass is 498 g/mol. The van der Waals surface area contributed by atoms with Crippen LogP contribution < -0.4 is 5.32 Å². The molecule has 11 heteroatoms. The van der Waals surface area contributed by atoms with E-state index in [-0.39, 0.29) is 28.2 Å². The Hall–Kier alpha value is -4.12. The minimum absolute atomic E-state index is 0.0563. The number of nitro groups is 1. The van der Waals surface area contributed by atoms with Gasteiger partial charge in [0.1, 0.15) is 0 Å². The van der Waals surface area contributed by atoms with Crippen LogP contribution in [-0.2, 0) is 11.0 Å². The van der Waals surface area contributed by atoms with Crippen molar-refractivity contribution in [3.05, 3.63) is 101 Å². The van der Waals surface area contributed by atoms with Gasteiger partial charge in [-0.3, -0.25) is 19.5 Å². The Balaban J connectivity index is 1.71. The van der Waals surface area contributed by atoms with Crippen LogP contribution in [0.5, 0.6) is 0 Å². The van der Waals surface area contributed by atoms with E-state index in [0.717, 1.165) is 23.9 Å². The van der Waals surface area contributed by atoms with E-state index in [1.54, 1.807) is 30.3 Å². The summed E-state index contributed by atoms with van der Waals surface area (Å²) in [6.45, 7) is 0. The number of thioether (sulfide) groups is 1. The molecule has 0 aliphatic rings. The summed E-state index contributed by atoms with van der Waals surface area (Å²) in [7, 11) is 0. The molecule has 0 fully saturated rings. The zero-order valence-corrected chi connectivity index (χ0v) is 18.7. The van der Waals surface area contributed by atoms with Crippen molar-refractivity contribution in [2.45, 2.75) is 11.3 Å². The molecule has 4 rings (SSSR count). The molecule has 0 bridgehead atoms. The van der Waals surface area contributed by atoms with Crippen molar-refractivity contribution in [3.8, 4) is 16.9 Å². The highest BCUT2D eigenvalue weighted by atomic mass is 32.2. The number of carbonyl (C=O) groups is 1. The number of nitrogens with one attached hydrogen (secondary N) is 1. The molecule has 0 atom stereocenters. The first-order valence-corrected chi connectivity index (χ1v) is 11.2. The van der Waals surface area contributed by atoms with Crippen LogP contribution >= 0.6 is 11.8 Å². The normalized spacial score (nSPS) is 11.3. The van der Waals surface area contributed by atoms with E-state index < -0.39 is 16.7 Å². The SMILES string of the molecule is O=C(CSc1ncc(-c2cccc([N+](=O)[O-])c2)n1-c1cccc(C(F)(F)F)c1)Nc1ccccc1. The van der Waals surface area contributed by atoms with Gasteiger partial charge in [-0.1, -0.05) is 48.2 Å². The number of amides is 1. The lowest BCUT2D eigenvalue weighted by molar-refractivity contribution is -0.384. The Morgan fingerprint density at radius 3 is 2.49 bits per heavy atom. The Bertz CT molecular complexity index is 1370. The predicted molar refractivity (Wildman–Crippen MR) is 126 cm³/mol. The smallest absolute Gasteiger partial charge is 0.325 e. The average molecular weight is 498 g/mol. The zero-order valence-electron chi connectivity index (χ0n) is 17.9. The topological polar surface area (TPSA) is 90.1 Å². The van der Waals surface area contributed by atoms with E-state index in [0.29, 0.717) is 16.9 Å². The molecule has 4 aromatic rings. The number of nitrogens with zero attached hydrogens (tertiary/aromatic N) is 3. The fourth-order valence-electron chi connectivity index (χ4n) is 3.34. The molecule has 0 aliphatic carbocycles. The molecule has 0 spiro atoms. The van der Waals surface area contributed by atoms with Crippen molar-refractivity contribution >= 4 is 29.0 Å². The number of anilines is 1. The van der Waals surface area contributed by atoms with Crippen molar-refractivity contribution in [2.75, 3.05) is 11.1 Å². The van der Waals surface area contributed by atoms with Crippen molar-refractivity contribution in [3.63, 3.8) is 0 Å². The second kappa shape index (κ2) is 10.0. The second-order valence-corrected chi connectivity index (χ2v) is 8.26. The molecule has 1 N–H and O–H groups in total. The summed E-state index contributed by atoms with van der Waals surface area (Å²) in [5.41, 5.74) is 0.479. The number of nitro benzene ring substituents is 1. The van der Waals surface area contributed by atoms with Crippen LogP contribution in [0.4, 0.5) is 24.5 Å². The highest BCUT2D eigenvalue weighted by molar-refractivity contribution is 7.99. The van der Waals surface area contributed by atoms with Gasteiger partial charge in [-0.2, -0.15) is 13.2 Å². The van der Waals surface area contributed by atoms with E-state index in [9.17, 15) is 28.1 Å². The van der Waals surface area contributed by atoms with Crippen LogP contribution in [-0.4, -0.2) is 26.1 Å².